The number of tetrazole rings is 1. The molecule has 1 unspecified atom stereocenters. The van der Waals surface area contributed by atoms with E-state index in [1.165, 1.54) is 5.56 Å². The van der Waals surface area contributed by atoms with Crippen LogP contribution in [0.15, 0.2) is 22.7 Å². The van der Waals surface area contributed by atoms with E-state index in [0.717, 1.165) is 24.0 Å². The van der Waals surface area contributed by atoms with Crippen molar-refractivity contribution in [3.8, 4) is 11.4 Å². The number of H-pyrrole nitrogens is 1. The minimum atomic E-state index is -0.338. The molecule has 2 aromatic heterocycles. The highest BCUT2D eigenvalue weighted by Gasteiger charge is 2.26. The highest BCUT2D eigenvalue weighted by atomic mass is 16.5. The van der Waals surface area contributed by atoms with Gasteiger partial charge >= 0.3 is 0 Å². The third kappa shape index (κ3) is 2.88. The topological polar surface area (TPSA) is 122 Å². The molecule has 2 heterocycles. The van der Waals surface area contributed by atoms with Crippen LogP contribution in [0, 0.1) is 0 Å². The summed E-state index contributed by atoms with van der Waals surface area (Å²) >= 11 is 0. The number of fused-ring (bicyclic) bond motifs is 1. The van der Waals surface area contributed by atoms with E-state index < -0.39 is 0 Å². The lowest BCUT2D eigenvalue weighted by Gasteiger charge is -2.12. The molecule has 1 aliphatic carbocycles. The van der Waals surface area contributed by atoms with Crippen molar-refractivity contribution in [2.75, 3.05) is 0 Å². The van der Waals surface area contributed by atoms with Gasteiger partial charge in [-0.1, -0.05) is 31.1 Å². The lowest BCUT2D eigenvalue weighted by Crippen LogP contribution is -2.28. The van der Waals surface area contributed by atoms with Gasteiger partial charge in [0.05, 0.1) is 6.04 Å². The first-order chi connectivity index (χ1) is 12.1. The minimum Gasteiger partial charge on any atom is -0.342 e. The predicted molar refractivity (Wildman–Crippen MR) is 86.5 cm³/mol. The molecule has 2 N–H and O–H groups in total. The van der Waals surface area contributed by atoms with Crippen LogP contribution >= 0.6 is 0 Å². The fourth-order valence-corrected chi connectivity index (χ4v) is 2.97. The van der Waals surface area contributed by atoms with E-state index in [1.807, 2.05) is 26.0 Å². The number of nitrogens with one attached hydrogen (secondary N) is 2. The average molecular weight is 339 g/mol. The summed E-state index contributed by atoms with van der Waals surface area (Å²) in [4.78, 5) is 16.5. The van der Waals surface area contributed by atoms with Crippen LogP contribution in [0.4, 0.5) is 0 Å². The fourth-order valence-electron chi connectivity index (χ4n) is 2.97. The average Bonchev–Trinajstić information content (AvgIpc) is 3.35. The molecule has 0 saturated carbocycles. The van der Waals surface area contributed by atoms with Crippen molar-refractivity contribution in [1.82, 2.24) is 36.1 Å². The second-order valence-corrected chi connectivity index (χ2v) is 6.32. The predicted octanol–water partition coefficient (Wildman–Crippen LogP) is 1.79. The van der Waals surface area contributed by atoms with Crippen LogP contribution in [0.5, 0.6) is 0 Å². The maximum absolute atomic E-state index is 12.1. The number of nitrogens with zero attached hydrogens (tertiary/aromatic N) is 5. The summed E-state index contributed by atoms with van der Waals surface area (Å²) in [5.41, 5.74) is 3.18. The number of rotatable bonds is 4. The number of carbonyl (C=O) groups is 1. The van der Waals surface area contributed by atoms with Crippen molar-refractivity contribution in [2.45, 2.75) is 38.6 Å². The van der Waals surface area contributed by atoms with Crippen molar-refractivity contribution in [1.29, 1.82) is 0 Å². The molecule has 0 spiro atoms. The number of aryl methyl sites for hydroxylation is 1. The number of hydrogen-bond acceptors (Lipinski definition) is 7. The first-order valence-corrected chi connectivity index (χ1v) is 8.13. The molecule has 0 aliphatic heterocycles. The first kappa shape index (κ1) is 15.4. The van der Waals surface area contributed by atoms with Crippen LogP contribution in [0.25, 0.3) is 11.4 Å². The monoisotopic (exact) mass is 339 g/mol. The molecule has 128 valence electrons. The molecule has 0 bridgehead atoms. The molecule has 1 aliphatic rings. The highest BCUT2D eigenvalue weighted by Crippen LogP contribution is 2.34. The van der Waals surface area contributed by atoms with Crippen molar-refractivity contribution < 1.29 is 9.32 Å². The van der Waals surface area contributed by atoms with Crippen molar-refractivity contribution in [2.24, 2.45) is 0 Å². The van der Waals surface area contributed by atoms with Crippen LogP contribution in [-0.4, -0.2) is 36.7 Å². The van der Waals surface area contributed by atoms with Gasteiger partial charge in [0.15, 0.2) is 0 Å². The Bertz CT molecular complexity index is 901. The normalized spacial score (nSPS) is 16.2. The van der Waals surface area contributed by atoms with Crippen molar-refractivity contribution >= 4 is 5.91 Å². The summed E-state index contributed by atoms with van der Waals surface area (Å²) in [6.45, 7) is 4.02. The quantitative estimate of drug-likeness (QED) is 0.743. The third-order valence-electron chi connectivity index (χ3n) is 4.27. The van der Waals surface area contributed by atoms with Crippen LogP contribution < -0.4 is 5.32 Å². The maximum atomic E-state index is 12.1. The van der Waals surface area contributed by atoms with Gasteiger partial charge in [0.2, 0.25) is 11.7 Å². The van der Waals surface area contributed by atoms with Gasteiger partial charge in [0.25, 0.3) is 11.7 Å². The van der Waals surface area contributed by atoms with E-state index in [0.29, 0.717) is 11.7 Å². The summed E-state index contributed by atoms with van der Waals surface area (Å²) in [6.07, 6.45) is 1.70. The van der Waals surface area contributed by atoms with Crippen LogP contribution in [0.3, 0.4) is 0 Å². The molecular formula is C16H17N7O2. The third-order valence-corrected chi connectivity index (χ3v) is 4.27. The van der Waals surface area contributed by atoms with E-state index in [1.54, 1.807) is 0 Å². The number of aromatic nitrogens is 6. The Morgan fingerprint density at radius 3 is 3.00 bits per heavy atom. The standard InChI is InChI=1S/C16H17N7O2/c1-8(2)16-18-13(21-25-16)10-3-5-11-9(7-10)4-6-12(11)17-15(24)14-19-22-23-20-14/h3,5,7-8,12H,4,6H2,1-2H3,(H,17,24)(H,19,20,22,23). The van der Waals surface area contributed by atoms with Crippen molar-refractivity contribution in [3.05, 3.63) is 41.0 Å². The summed E-state index contributed by atoms with van der Waals surface area (Å²) < 4.78 is 5.27. The Balaban J connectivity index is 1.54. The molecule has 3 aromatic rings. The molecule has 1 amide bonds. The molecule has 4 rings (SSSR count). The van der Waals surface area contributed by atoms with E-state index in [-0.39, 0.29) is 23.7 Å². The van der Waals surface area contributed by atoms with Gasteiger partial charge in [-0.2, -0.15) is 10.2 Å². The van der Waals surface area contributed by atoms with Crippen LogP contribution in [0.1, 0.15) is 59.9 Å². The van der Waals surface area contributed by atoms with E-state index in [9.17, 15) is 4.79 Å². The summed E-state index contributed by atoms with van der Waals surface area (Å²) in [7, 11) is 0. The van der Waals surface area contributed by atoms with Gasteiger partial charge in [-0.25, -0.2) is 0 Å². The Morgan fingerprint density at radius 2 is 2.28 bits per heavy atom. The van der Waals surface area contributed by atoms with E-state index in [4.69, 9.17) is 4.52 Å². The van der Waals surface area contributed by atoms with E-state index >= 15 is 0 Å². The van der Waals surface area contributed by atoms with E-state index in [2.05, 4.69) is 42.1 Å². The molecular weight excluding hydrogens is 322 g/mol. The molecule has 0 fully saturated rings. The lowest BCUT2D eigenvalue weighted by atomic mass is 10.0. The highest BCUT2D eigenvalue weighted by molar-refractivity contribution is 5.90. The zero-order valence-corrected chi connectivity index (χ0v) is 13.9. The maximum Gasteiger partial charge on any atom is 0.293 e. The zero-order valence-electron chi connectivity index (χ0n) is 13.9. The molecule has 9 heteroatoms. The Hall–Kier alpha value is -3.10. The van der Waals surface area contributed by atoms with Gasteiger partial charge in [0.1, 0.15) is 0 Å². The number of carbonyl (C=O) groups excluding carboxylic acids is 1. The second kappa shape index (κ2) is 6.08. The van der Waals surface area contributed by atoms with Gasteiger partial charge in [-0.3, -0.25) is 4.79 Å². The summed E-state index contributed by atoms with van der Waals surface area (Å²) in [5, 5.41) is 20.1. The lowest BCUT2D eigenvalue weighted by molar-refractivity contribution is 0.0926. The number of hydrogen-bond donors (Lipinski definition) is 2. The van der Waals surface area contributed by atoms with Gasteiger partial charge in [-0.05, 0) is 35.2 Å². The SMILES string of the molecule is CC(C)c1nc(-c2ccc3c(c2)CCC3NC(=O)c2nn[nH]n2)no1. The molecule has 1 aromatic carbocycles. The molecule has 25 heavy (non-hydrogen) atoms. The summed E-state index contributed by atoms with van der Waals surface area (Å²) in [6, 6.07) is 5.95. The number of amides is 1. The number of benzene rings is 1. The largest absolute Gasteiger partial charge is 0.342 e. The first-order valence-electron chi connectivity index (χ1n) is 8.13. The van der Waals surface area contributed by atoms with Crippen molar-refractivity contribution in [3.63, 3.8) is 0 Å². The van der Waals surface area contributed by atoms with Gasteiger partial charge < -0.3 is 9.84 Å². The molecule has 0 saturated heterocycles. The fraction of sp³-hybridized carbons (Fsp3) is 0.375. The summed E-state index contributed by atoms with van der Waals surface area (Å²) in [5.74, 6) is 1.11. The minimum absolute atomic E-state index is 0.0399. The Labute approximate surface area is 143 Å². The van der Waals surface area contributed by atoms with Gasteiger partial charge in [-0.15, -0.1) is 10.2 Å². The van der Waals surface area contributed by atoms with Gasteiger partial charge in [0, 0.05) is 11.5 Å². The Kier molecular flexibility index (Phi) is 3.75. The van der Waals surface area contributed by atoms with Crippen LogP contribution in [0.2, 0.25) is 0 Å². The zero-order chi connectivity index (χ0) is 17.4. The molecule has 1 atom stereocenters. The molecule has 9 nitrogen and oxygen atoms in total. The molecule has 0 radical (unpaired) electrons. The Morgan fingerprint density at radius 1 is 1.40 bits per heavy atom. The van der Waals surface area contributed by atoms with Crippen LogP contribution in [-0.2, 0) is 6.42 Å². The number of aromatic amines is 1. The second-order valence-electron chi connectivity index (χ2n) is 6.32. The smallest absolute Gasteiger partial charge is 0.293 e.